The summed E-state index contributed by atoms with van der Waals surface area (Å²) in [5.74, 6) is 3.85. The van der Waals surface area contributed by atoms with Crippen molar-refractivity contribution in [3.05, 3.63) is 29.8 Å². The number of thioether (sulfide) groups is 1. The molecule has 1 aliphatic rings. The molecule has 0 aromatic heterocycles. The standard InChI is InChI=1S/C18H28N4O2S.HI/c1-22(2)17(23)12-20-18(21-15-5-4-10-25-13-15)19-11-14-6-8-16(24-3)9-7-14;/h6-9,15H,4-5,10-13H2,1-3H3,(H2,19,20,21);1H. The fourth-order valence-corrected chi connectivity index (χ4v) is 3.49. The molecular formula is C18H29IN4O2S. The maximum absolute atomic E-state index is 11.8. The number of ether oxygens (including phenoxy) is 1. The summed E-state index contributed by atoms with van der Waals surface area (Å²) in [6, 6.07) is 8.26. The second-order valence-electron chi connectivity index (χ2n) is 6.21. The summed E-state index contributed by atoms with van der Waals surface area (Å²) in [4.78, 5) is 18.1. The summed E-state index contributed by atoms with van der Waals surface area (Å²) >= 11 is 1.96. The highest BCUT2D eigenvalue weighted by Crippen LogP contribution is 2.17. The number of carbonyl (C=O) groups is 1. The molecule has 1 aromatic rings. The van der Waals surface area contributed by atoms with Crippen LogP contribution in [-0.4, -0.2) is 62.1 Å². The fraction of sp³-hybridized carbons (Fsp3) is 0.556. The second-order valence-corrected chi connectivity index (χ2v) is 7.36. The number of aliphatic imine (C=N–C) groups is 1. The highest BCUT2D eigenvalue weighted by molar-refractivity contribution is 14.0. The van der Waals surface area contributed by atoms with E-state index >= 15 is 0 Å². The predicted octanol–water partition coefficient (Wildman–Crippen LogP) is 2.33. The third kappa shape index (κ3) is 8.03. The number of benzene rings is 1. The van der Waals surface area contributed by atoms with Crippen molar-refractivity contribution in [2.24, 2.45) is 4.99 Å². The van der Waals surface area contributed by atoms with Gasteiger partial charge in [-0.3, -0.25) is 4.79 Å². The van der Waals surface area contributed by atoms with Crippen LogP contribution in [0.1, 0.15) is 18.4 Å². The molecule has 1 fully saturated rings. The van der Waals surface area contributed by atoms with Gasteiger partial charge < -0.3 is 20.3 Å². The third-order valence-corrected chi connectivity index (χ3v) is 5.20. The molecule has 2 N–H and O–H groups in total. The third-order valence-electron chi connectivity index (χ3n) is 3.99. The van der Waals surface area contributed by atoms with Crippen LogP contribution in [0.3, 0.4) is 0 Å². The van der Waals surface area contributed by atoms with E-state index in [0.29, 0.717) is 18.5 Å². The molecule has 8 heteroatoms. The SMILES string of the molecule is COc1ccc(CN=C(NCC(=O)N(C)C)NC2CCCSC2)cc1.I. The van der Waals surface area contributed by atoms with Crippen molar-refractivity contribution < 1.29 is 9.53 Å². The molecule has 0 spiro atoms. The minimum absolute atomic E-state index is 0. The minimum atomic E-state index is 0. The Hall–Kier alpha value is -1.16. The molecule has 26 heavy (non-hydrogen) atoms. The summed E-state index contributed by atoms with van der Waals surface area (Å²) in [7, 11) is 5.16. The van der Waals surface area contributed by atoms with Crippen LogP contribution < -0.4 is 15.4 Å². The molecule has 0 aliphatic carbocycles. The Bertz CT molecular complexity index is 575. The fourth-order valence-electron chi connectivity index (χ4n) is 2.42. The molecular weight excluding hydrogens is 463 g/mol. The number of hydrogen-bond acceptors (Lipinski definition) is 4. The number of methoxy groups -OCH3 is 1. The van der Waals surface area contributed by atoms with Crippen LogP contribution in [0, 0.1) is 0 Å². The quantitative estimate of drug-likeness (QED) is 0.363. The first-order valence-electron chi connectivity index (χ1n) is 8.54. The predicted molar refractivity (Wildman–Crippen MR) is 120 cm³/mol. The van der Waals surface area contributed by atoms with E-state index in [1.165, 1.54) is 12.2 Å². The number of amides is 1. The summed E-state index contributed by atoms with van der Waals surface area (Å²) in [6.45, 7) is 0.788. The van der Waals surface area contributed by atoms with Crippen molar-refractivity contribution in [1.82, 2.24) is 15.5 Å². The summed E-state index contributed by atoms with van der Waals surface area (Å²) < 4.78 is 5.18. The molecule has 0 radical (unpaired) electrons. The Morgan fingerprint density at radius 3 is 2.65 bits per heavy atom. The Labute approximate surface area is 177 Å². The minimum Gasteiger partial charge on any atom is -0.497 e. The van der Waals surface area contributed by atoms with E-state index in [4.69, 9.17) is 4.74 Å². The molecule has 0 bridgehead atoms. The lowest BCUT2D eigenvalue weighted by molar-refractivity contribution is -0.127. The Kier molecular flexibility index (Phi) is 10.8. The molecule has 6 nitrogen and oxygen atoms in total. The monoisotopic (exact) mass is 492 g/mol. The van der Waals surface area contributed by atoms with Gasteiger partial charge in [-0.2, -0.15) is 11.8 Å². The average Bonchev–Trinajstić information content (AvgIpc) is 2.64. The van der Waals surface area contributed by atoms with Crippen LogP contribution in [0.25, 0.3) is 0 Å². The first-order chi connectivity index (χ1) is 12.1. The number of hydrogen-bond donors (Lipinski definition) is 2. The van der Waals surface area contributed by atoms with Crippen molar-refractivity contribution in [2.45, 2.75) is 25.4 Å². The van der Waals surface area contributed by atoms with E-state index in [-0.39, 0.29) is 36.4 Å². The molecule has 1 amide bonds. The zero-order chi connectivity index (χ0) is 18.1. The second kappa shape index (κ2) is 12.3. The van der Waals surface area contributed by atoms with E-state index in [1.807, 2.05) is 36.0 Å². The number of guanidine groups is 1. The number of nitrogens with zero attached hydrogens (tertiary/aromatic N) is 2. The highest BCUT2D eigenvalue weighted by Gasteiger charge is 2.15. The topological polar surface area (TPSA) is 66.0 Å². The highest BCUT2D eigenvalue weighted by atomic mass is 127. The summed E-state index contributed by atoms with van der Waals surface area (Å²) in [6.07, 6.45) is 2.35. The van der Waals surface area contributed by atoms with Crippen LogP contribution in [0.5, 0.6) is 5.75 Å². The molecule has 1 unspecified atom stereocenters. The van der Waals surface area contributed by atoms with Gasteiger partial charge in [0.05, 0.1) is 20.2 Å². The van der Waals surface area contributed by atoms with E-state index in [2.05, 4.69) is 15.6 Å². The lowest BCUT2D eigenvalue weighted by Crippen LogP contribution is -2.48. The average molecular weight is 492 g/mol. The van der Waals surface area contributed by atoms with Crippen molar-refractivity contribution in [3.63, 3.8) is 0 Å². The molecule has 2 rings (SSSR count). The molecule has 1 aromatic carbocycles. The summed E-state index contributed by atoms with van der Waals surface area (Å²) in [5.41, 5.74) is 1.10. The molecule has 1 atom stereocenters. The Balaban J connectivity index is 0.00000338. The van der Waals surface area contributed by atoms with E-state index < -0.39 is 0 Å². The van der Waals surface area contributed by atoms with Crippen molar-refractivity contribution in [3.8, 4) is 5.75 Å². The number of nitrogens with one attached hydrogen (secondary N) is 2. The van der Waals surface area contributed by atoms with Gasteiger partial charge in [-0.15, -0.1) is 24.0 Å². The van der Waals surface area contributed by atoms with Crippen molar-refractivity contribution in [1.29, 1.82) is 0 Å². The van der Waals surface area contributed by atoms with Crippen LogP contribution >= 0.6 is 35.7 Å². The number of rotatable bonds is 6. The smallest absolute Gasteiger partial charge is 0.241 e. The molecule has 1 saturated heterocycles. The van der Waals surface area contributed by atoms with Crippen molar-refractivity contribution in [2.75, 3.05) is 39.3 Å². The van der Waals surface area contributed by atoms with Gasteiger partial charge in [-0.25, -0.2) is 4.99 Å². The van der Waals surface area contributed by atoms with Gasteiger partial charge in [0, 0.05) is 25.9 Å². The summed E-state index contributed by atoms with van der Waals surface area (Å²) in [5, 5.41) is 6.62. The lowest BCUT2D eigenvalue weighted by atomic mass is 10.2. The molecule has 146 valence electrons. The maximum atomic E-state index is 11.8. The lowest BCUT2D eigenvalue weighted by Gasteiger charge is -2.25. The van der Waals surface area contributed by atoms with Gasteiger partial charge in [0.2, 0.25) is 5.91 Å². The normalized spacial score (nSPS) is 17.0. The van der Waals surface area contributed by atoms with E-state index in [0.717, 1.165) is 23.5 Å². The Morgan fingerprint density at radius 1 is 1.35 bits per heavy atom. The van der Waals surface area contributed by atoms with Crippen molar-refractivity contribution >= 4 is 47.6 Å². The number of likely N-dealkylation sites (N-methyl/N-ethyl adjacent to an activating group) is 1. The van der Waals surface area contributed by atoms with Crippen LogP contribution in [0.15, 0.2) is 29.3 Å². The Morgan fingerprint density at radius 2 is 2.08 bits per heavy atom. The van der Waals surface area contributed by atoms with Gasteiger partial charge in [0.1, 0.15) is 5.75 Å². The first kappa shape index (κ1) is 22.9. The zero-order valence-corrected chi connectivity index (χ0v) is 18.8. The molecule has 0 saturated carbocycles. The molecule has 1 heterocycles. The van der Waals surface area contributed by atoms with Gasteiger partial charge in [-0.05, 0) is 36.3 Å². The number of halogens is 1. The van der Waals surface area contributed by atoms with Crippen LogP contribution in [0.2, 0.25) is 0 Å². The first-order valence-corrected chi connectivity index (χ1v) is 9.69. The van der Waals surface area contributed by atoms with Gasteiger partial charge >= 0.3 is 0 Å². The van der Waals surface area contributed by atoms with Gasteiger partial charge in [0.25, 0.3) is 0 Å². The van der Waals surface area contributed by atoms with E-state index in [9.17, 15) is 4.79 Å². The number of carbonyl (C=O) groups excluding carboxylic acids is 1. The largest absolute Gasteiger partial charge is 0.497 e. The van der Waals surface area contributed by atoms with E-state index in [1.54, 1.807) is 26.1 Å². The van der Waals surface area contributed by atoms with Gasteiger partial charge in [0.15, 0.2) is 5.96 Å². The van der Waals surface area contributed by atoms with Crippen LogP contribution in [0.4, 0.5) is 0 Å². The van der Waals surface area contributed by atoms with Crippen LogP contribution in [-0.2, 0) is 11.3 Å². The molecule has 1 aliphatic heterocycles. The van der Waals surface area contributed by atoms with Gasteiger partial charge in [-0.1, -0.05) is 12.1 Å². The zero-order valence-electron chi connectivity index (χ0n) is 15.7. The maximum Gasteiger partial charge on any atom is 0.241 e.